The summed E-state index contributed by atoms with van der Waals surface area (Å²) in [4.78, 5) is 2.35. The molecule has 0 bridgehead atoms. The monoisotopic (exact) mass is 200 g/mol. The summed E-state index contributed by atoms with van der Waals surface area (Å²) in [5.74, 6) is 0. The molecule has 0 spiro atoms. The van der Waals surface area contributed by atoms with Crippen LogP contribution in [0.15, 0.2) is 0 Å². The average Bonchev–Trinajstić information content (AvgIpc) is 2.53. The summed E-state index contributed by atoms with van der Waals surface area (Å²) >= 11 is 0. The molecule has 0 amide bonds. The van der Waals surface area contributed by atoms with E-state index in [0.717, 1.165) is 19.6 Å². The lowest BCUT2D eigenvalue weighted by Crippen LogP contribution is -2.48. The van der Waals surface area contributed by atoms with Crippen LogP contribution in [0.5, 0.6) is 0 Å². The number of hydrogen-bond donors (Lipinski definition) is 2. The fraction of sp³-hybridized carbons (Fsp3) is 1.00. The molecule has 1 saturated heterocycles. The van der Waals surface area contributed by atoms with Crippen LogP contribution >= 0.6 is 0 Å². The van der Waals surface area contributed by atoms with Crippen LogP contribution in [0.2, 0.25) is 0 Å². The van der Waals surface area contributed by atoms with Crippen LogP contribution in [0.1, 0.15) is 33.6 Å². The van der Waals surface area contributed by atoms with Crippen LogP contribution in [0.4, 0.5) is 0 Å². The van der Waals surface area contributed by atoms with Crippen molar-refractivity contribution in [1.29, 1.82) is 0 Å². The van der Waals surface area contributed by atoms with E-state index >= 15 is 0 Å². The summed E-state index contributed by atoms with van der Waals surface area (Å²) in [6, 6.07) is 0.444. The third-order valence-corrected chi connectivity index (χ3v) is 2.65. The average molecular weight is 200 g/mol. The summed E-state index contributed by atoms with van der Waals surface area (Å²) < 4.78 is 0. The van der Waals surface area contributed by atoms with Gasteiger partial charge in [0.15, 0.2) is 0 Å². The third kappa shape index (κ3) is 4.40. The van der Waals surface area contributed by atoms with Crippen LogP contribution in [0.25, 0.3) is 0 Å². The molecule has 14 heavy (non-hydrogen) atoms. The van der Waals surface area contributed by atoms with E-state index in [1.807, 2.05) is 6.92 Å². The Labute approximate surface area is 87.5 Å². The van der Waals surface area contributed by atoms with Crippen LogP contribution < -0.4 is 5.32 Å². The summed E-state index contributed by atoms with van der Waals surface area (Å²) in [6.07, 6.45) is 2.57. The standard InChI is InChI=1S/C11H24N2O/c1-10(2)12-8-11(3,14)9-13-6-4-5-7-13/h10,12,14H,4-9H2,1-3H3. The third-order valence-electron chi connectivity index (χ3n) is 2.65. The van der Waals surface area contributed by atoms with Gasteiger partial charge in [0.2, 0.25) is 0 Å². The van der Waals surface area contributed by atoms with E-state index in [-0.39, 0.29) is 0 Å². The number of aliphatic hydroxyl groups is 1. The second-order valence-corrected chi connectivity index (χ2v) is 5.02. The number of nitrogens with zero attached hydrogens (tertiary/aromatic N) is 1. The summed E-state index contributed by atoms with van der Waals surface area (Å²) in [7, 11) is 0. The van der Waals surface area contributed by atoms with Crippen LogP contribution in [-0.4, -0.2) is 47.8 Å². The maximum atomic E-state index is 10.1. The highest BCUT2D eigenvalue weighted by Gasteiger charge is 2.25. The molecule has 3 nitrogen and oxygen atoms in total. The second kappa shape index (κ2) is 5.10. The Morgan fingerprint density at radius 2 is 1.93 bits per heavy atom. The number of nitrogens with one attached hydrogen (secondary N) is 1. The molecule has 3 heteroatoms. The first-order valence-electron chi connectivity index (χ1n) is 5.68. The molecule has 1 aliphatic heterocycles. The lowest BCUT2D eigenvalue weighted by Gasteiger charge is -2.29. The Kier molecular flexibility index (Phi) is 4.35. The van der Waals surface area contributed by atoms with Crippen molar-refractivity contribution in [2.75, 3.05) is 26.2 Å². The zero-order valence-electron chi connectivity index (χ0n) is 9.71. The molecule has 1 heterocycles. The van der Waals surface area contributed by atoms with E-state index in [4.69, 9.17) is 0 Å². The van der Waals surface area contributed by atoms with Crippen LogP contribution in [-0.2, 0) is 0 Å². The predicted molar refractivity (Wildman–Crippen MR) is 59.4 cm³/mol. The largest absolute Gasteiger partial charge is 0.388 e. The first kappa shape index (κ1) is 12.0. The Morgan fingerprint density at radius 3 is 2.43 bits per heavy atom. The minimum absolute atomic E-state index is 0.444. The van der Waals surface area contributed by atoms with Crippen LogP contribution in [0.3, 0.4) is 0 Å². The highest BCUT2D eigenvalue weighted by Crippen LogP contribution is 2.12. The van der Waals surface area contributed by atoms with Crippen molar-refractivity contribution in [3.63, 3.8) is 0 Å². The van der Waals surface area contributed by atoms with Crippen LogP contribution in [0, 0.1) is 0 Å². The lowest BCUT2D eigenvalue weighted by molar-refractivity contribution is 0.0253. The van der Waals surface area contributed by atoms with Gasteiger partial charge in [-0.25, -0.2) is 0 Å². The molecular weight excluding hydrogens is 176 g/mol. The zero-order valence-corrected chi connectivity index (χ0v) is 9.71. The SMILES string of the molecule is CC(C)NCC(C)(O)CN1CCCC1. The van der Waals surface area contributed by atoms with Gasteiger partial charge in [-0.1, -0.05) is 13.8 Å². The van der Waals surface area contributed by atoms with Crippen molar-refractivity contribution >= 4 is 0 Å². The van der Waals surface area contributed by atoms with Crippen molar-refractivity contribution in [3.8, 4) is 0 Å². The van der Waals surface area contributed by atoms with E-state index in [0.29, 0.717) is 12.6 Å². The van der Waals surface area contributed by atoms with Crippen molar-refractivity contribution in [2.24, 2.45) is 0 Å². The van der Waals surface area contributed by atoms with E-state index < -0.39 is 5.60 Å². The highest BCUT2D eigenvalue weighted by molar-refractivity contribution is 4.82. The normalized spacial score (nSPS) is 22.9. The molecule has 0 aromatic heterocycles. The molecule has 0 aromatic rings. The minimum atomic E-state index is -0.589. The quantitative estimate of drug-likeness (QED) is 0.690. The number of hydrogen-bond acceptors (Lipinski definition) is 3. The van der Waals surface area contributed by atoms with Gasteiger partial charge in [-0.15, -0.1) is 0 Å². The van der Waals surface area contributed by atoms with E-state index in [2.05, 4.69) is 24.1 Å². The first-order chi connectivity index (χ1) is 6.49. The predicted octanol–water partition coefficient (Wildman–Crippen LogP) is 0.831. The van der Waals surface area contributed by atoms with E-state index in [1.54, 1.807) is 0 Å². The summed E-state index contributed by atoms with van der Waals surface area (Å²) in [5.41, 5.74) is -0.589. The topological polar surface area (TPSA) is 35.5 Å². The van der Waals surface area contributed by atoms with Crippen molar-refractivity contribution in [3.05, 3.63) is 0 Å². The summed E-state index contributed by atoms with van der Waals surface area (Å²) in [6.45, 7) is 9.90. The molecule has 1 atom stereocenters. The highest BCUT2D eigenvalue weighted by atomic mass is 16.3. The van der Waals surface area contributed by atoms with Gasteiger partial charge >= 0.3 is 0 Å². The fourth-order valence-electron chi connectivity index (χ4n) is 1.90. The number of rotatable bonds is 5. The maximum absolute atomic E-state index is 10.1. The smallest absolute Gasteiger partial charge is 0.0869 e. The van der Waals surface area contributed by atoms with Crippen molar-refractivity contribution in [2.45, 2.75) is 45.3 Å². The molecule has 1 aliphatic rings. The van der Waals surface area contributed by atoms with Gasteiger partial charge < -0.3 is 15.3 Å². The van der Waals surface area contributed by atoms with Gasteiger partial charge in [0.25, 0.3) is 0 Å². The Morgan fingerprint density at radius 1 is 1.36 bits per heavy atom. The molecule has 0 radical (unpaired) electrons. The van der Waals surface area contributed by atoms with E-state index in [1.165, 1.54) is 12.8 Å². The molecule has 1 unspecified atom stereocenters. The van der Waals surface area contributed by atoms with Crippen molar-refractivity contribution < 1.29 is 5.11 Å². The Balaban J connectivity index is 2.25. The molecule has 0 saturated carbocycles. The van der Waals surface area contributed by atoms with Gasteiger partial charge in [-0.05, 0) is 32.9 Å². The second-order valence-electron chi connectivity index (χ2n) is 5.02. The molecule has 2 N–H and O–H groups in total. The van der Waals surface area contributed by atoms with Gasteiger partial charge in [0, 0.05) is 19.1 Å². The van der Waals surface area contributed by atoms with Gasteiger partial charge in [-0.2, -0.15) is 0 Å². The lowest BCUT2D eigenvalue weighted by atomic mass is 10.1. The zero-order chi connectivity index (χ0) is 10.6. The molecule has 84 valence electrons. The van der Waals surface area contributed by atoms with Crippen molar-refractivity contribution in [1.82, 2.24) is 10.2 Å². The number of β-amino-alcohol motifs (C(OH)–C–C–N with tert-alkyl or cyclic N) is 1. The van der Waals surface area contributed by atoms with E-state index in [9.17, 15) is 5.11 Å². The Hall–Kier alpha value is -0.120. The number of likely N-dealkylation sites (tertiary alicyclic amines) is 1. The van der Waals surface area contributed by atoms with Gasteiger partial charge in [0.05, 0.1) is 5.60 Å². The molecule has 1 fully saturated rings. The first-order valence-corrected chi connectivity index (χ1v) is 5.68. The maximum Gasteiger partial charge on any atom is 0.0869 e. The molecular formula is C11H24N2O. The summed E-state index contributed by atoms with van der Waals surface area (Å²) in [5, 5.41) is 13.4. The molecule has 1 rings (SSSR count). The minimum Gasteiger partial charge on any atom is -0.388 e. The fourth-order valence-corrected chi connectivity index (χ4v) is 1.90. The molecule has 0 aromatic carbocycles. The van der Waals surface area contributed by atoms with Gasteiger partial charge in [0.1, 0.15) is 0 Å². The van der Waals surface area contributed by atoms with Gasteiger partial charge in [-0.3, -0.25) is 0 Å². The Bertz CT molecular complexity index is 163. The molecule has 0 aliphatic carbocycles.